The molecule has 0 bridgehead atoms. The molecule has 3 aromatic rings. The van der Waals surface area contributed by atoms with Crippen LogP contribution in [0.1, 0.15) is 80.8 Å². The number of hydrogen-bond acceptors (Lipinski definition) is 4. The summed E-state index contributed by atoms with van der Waals surface area (Å²) < 4.78 is 16.4. The molecule has 1 aliphatic heterocycles. The van der Waals surface area contributed by atoms with E-state index in [-0.39, 0.29) is 17.8 Å². The van der Waals surface area contributed by atoms with Crippen molar-refractivity contribution in [1.29, 1.82) is 0 Å². The number of aryl methyl sites for hydroxylation is 1. The van der Waals surface area contributed by atoms with Crippen LogP contribution in [0.3, 0.4) is 0 Å². The Morgan fingerprint density at radius 2 is 1.80 bits per heavy atom. The maximum Gasteiger partial charge on any atom is 0.323 e. The Bertz CT molecular complexity index is 1320. The van der Waals surface area contributed by atoms with Crippen molar-refractivity contribution in [3.8, 4) is 0 Å². The molecule has 220 valence electrons. The zero-order valence-corrected chi connectivity index (χ0v) is 25.0. The third-order valence-electron chi connectivity index (χ3n) is 9.79. The molecule has 1 aromatic heterocycles. The minimum atomic E-state index is -0.952. The van der Waals surface area contributed by atoms with Crippen LogP contribution in [0.25, 0.3) is 0 Å². The summed E-state index contributed by atoms with van der Waals surface area (Å²) in [5.74, 6) is 0.0441. The van der Waals surface area contributed by atoms with E-state index in [4.69, 9.17) is 5.10 Å². The summed E-state index contributed by atoms with van der Waals surface area (Å²) in [6.07, 6.45) is 4.82. The maximum atomic E-state index is 14.2. The maximum absolute atomic E-state index is 14.2. The lowest BCUT2D eigenvalue weighted by molar-refractivity contribution is -0.149. The molecule has 7 heteroatoms. The molecule has 0 amide bonds. The van der Waals surface area contributed by atoms with Gasteiger partial charge in [-0.15, -0.1) is 0 Å². The van der Waals surface area contributed by atoms with Gasteiger partial charge in [0.1, 0.15) is 11.4 Å². The summed E-state index contributed by atoms with van der Waals surface area (Å²) in [6.45, 7) is 9.61. The molecule has 0 unspecified atom stereocenters. The van der Waals surface area contributed by atoms with E-state index in [1.807, 2.05) is 18.0 Å². The fourth-order valence-corrected chi connectivity index (χ4v) is 7.07. The van der Waals surface area contributed by atoms with Crippen LogP contribution in [0.15, 0.2) is 60.7 Å². The van der Waals surface area contributed by atoms with Crippen LogP contribution in [0.4, 0.5) is 4.39 Å². The van der Waals surface area contributed by atoms with Crippen molar-refractivity contribution in [3.05, 3.63) is 89.0 Å². The molecule has 0 spiro atoms. The lowest BCUT2D eigenvalue weighted by Crippen LogP contribution is -2.52. The number of likely N-dealkylation sites (tertiary alicyclic amines) is 1. The highest BCUT2D eigenvalue weighted by atomic mass is 19.1. The Morgan fingerprint density at radius 3 is 2.46 bits per heavy atom. The van der Waals surface area contributed by atoms with Gasteiger partial charge >= 0.3 is 5.97 Å². The van der Waals surface area contributed by atoms with E-state index in [1.54, 1.807) is 26.0 Å². The van der Waals surface area contributed by atoms with E-state index in [9.17, 15) is 14.3 Å². The van der Waals surface area contributed by atoms with Crippen LogP contribution >= 0.6 is 0 Å². The number of carboxylic acid groups (broad SMARTS) is 1. The van der Waals surface area contributed by atoms with Crippen LogP contribution < -0.4 is 0 Å². The molecule has 1 saturated heterocycles. The quantitative estimate of drug-likeness (QED) is 0.321. The zero-order chi connectivity index (χ0) is 29.1. The Kier molecular flexibility index (Phi) is 8.95. The van der Waals surface area contributed by atoms with Gasteiger partial charge in [0.15, 0.2) is 0 Å². The summed E-state index contributed by atoms with van der Waals surface area (Å²) in [7, 11) is 1.93. The topological polar surface area (TPSA) is 61.6 Å². The van der Waals surface area contributed by atoms with Gasteiger partial charge in [-0.3, -0.25) is 14.4 Å². The minimum Gasteiger partial charge on any atom is -0.480 e. The highest BCUT2D eigenvalue weighted by molar-refractivity contribution is 5.77. The Balaban J connectivity index is 1.26. The minimum absolute atomic E-state index is 0.138. The molecule has 2 fully saturated rings. The molecule has 1 saturated carbocycles. The lowest BCUT2D eigenvalue weighted by atomic mass is 9.87. The number of rotatable bonds is 10. The number of nitrogens with zero attached hydrogens (tertiary/aromatic N) is 4. The summed E-state index contributed by atoms with van der Waals surface area (Å²) in [5.41, 5.74) is 3.86. The first-order valence-corrected chi connectivity index (χ1v) is 15.2. The fourth-order valence-electron chi connectivity index (χ4n) is 7.07. The molecule has 41 heavy (non-hydrogen) atoms. The van der Waals surface area contributed by atoms with Gasteiger partial charge in [0.25, 0.3) is 0 Å². The van der Waals surface area contributed by atoms with Crippen LogP contribution in [-0.4, -0.2) is 68.9 Å². The standard InChI is InChI=1S/C34H45FN4O2/c1-5-39-32(21-29(36-39)18-24-10-7-6-8-11-24)25-14-16-38(17-15-25)23-27-20-30(37(4)34(2,3)33(40)41)22-31(27)26-12-9-13-28(35)19-26/h6-13,19,21,25,27,30-31H,5,14-18,20,22-23H2,1-4H3,(H,40,41)/t27-,30+,31-/m1/s1. The first-order valence-electron chi connectivity index (χ1n) is 15.2. The first kappa shape index (κ1) is 29.5. The normalized spacial score (nSPS) is 22.4. The number of benzene rings is 2. The number of aliphatic carboxylic acids is 1. The van der Waals surface area contributed by atoms with Crippen molar-refractivity contribution in [2.75, 3.05) is 26.7 Å². The summed E-state index contributed by atoms with van der Waals surface area (Å²) in [6, 6.07) is 20.0. The second-order valence-corrected chi connectivity index (χ2v) is 12.6. The number of hydrogen-bond donors (Lipinski definition) is 1. The molecule has 1 aliphatic carbocycles. The third kappa shape index (κ3) is 6.57. The number of carbonyl (C=O) groups is 1. The Labute approximate surface area is 244 Å². The van der Waals surface area contributed by atoms with E-state index in [1.165, 1.54) is 17.3 Å². The Hall–Kier alpha value is -3.03. The third-order valence-corrected chi connectivity index (χ3v) is 9.79. The van der Waals surface area contributed by atoms with Gasteiger partial charge < -0.3 is 10.0 Å². The fraction of sp³-hybridized carbons (Fsp3) is 0.529. The van der Waals surface area contributed by atoms with Crippen molar-refractivity contribution >= 4 is 5.97 Å². The molecular weight excluding hydrogens is 515 g/mol. The summed E-state index contributed by atoms with van der Waals surface area (Å²) >= 11 is 0. The molecule has 5 rings (SSSR count). The number of carboxylic acids is 1. The second-order valence-electron chi connectivity index (χ2n) is 12.6. The average Bonchev–Trinajstić information content (AvgIpc) is 3.57. The number of piperidine rings is 1. The van der Waals surface area contributed by atoms with E-state index < -0.39 is 11.5 Å². The molecule has 1 N–H and O–H groups in total. The highest BCUT2D eigenvalue weighted by Gasteiger charge is 2.44. The number of likely N-dealkylation sites (N-methyl/N-ethyl adjacent to an activating group) is 1. The van der Waals surface area contributed by atoms with Crippen LogP contribution in [-0.2, 0) is 17.8 Å². The molecule has 2 aromatic carbocycles. The molecule has 2 aliphatic rings. The van der Waals surface area contributed by atoms with Gasteiger partial charge in [-0.05, 0) is 108 Å². The Morgan fingerprint density at radius 1 is 1.07 bits per heavy atom. The van der Waals surface area contributed by atoms with E-state index in [0.717, 1.165) is 69.5 Å². The van der Waals surface area contributed by atoms with Gasteiger partial charge in [-0.2, -0.15) is 5.10 Å². The molecule has 3 atom stereocenters. The van der Waals surface area contributed by atoms with Gasteiger partial charge in [0.05, 0.1) is 5.69 Å². The van der Waals surface area contributed by atoms with Crippen molar-refractivity contribution in [2.24, 2.45) is 5.92 Å². The van der Waals surface area contributed by atoms with Crippen molar-refractivity contribution in [1.82, 2.24) is 19.6 Å². The van der Waals surface area contributed by atoms with Gasteiger partial charge in [-0.1, -0.05) is 42.5 Å². The molecular formula is C34H45FN4O2. The number of aromatic nitrogens is 2. The first-order chi connectivity index (χ1) is 19.7. The van der Waals surface area contributed by atoms with E-state index in [0.29, 0.717) is 11.8 Å². The van der Waals surface area contributed by atoms with Crippen molar-refractivity contribution in [3.63, 3.8) is 0 Å². The molecule has 2 heterocycles. The van der Waals surface area contributed by atoms with Crippen LogP contribution in [0.2, 0.25) is 0 Å². The summed E-state index contributed by atoms with van der Waals surface area (Å²) in [5, 5.41) is 14.8. The predicted molar refractivity (Wildman–Crippen MR) is 161 cm³/mol. The number of halogens is 1. The van der Waals surface area contributed by atoms with E-state index >= 15 is 0 Å². The largest absolute Gasteiger partial charge is 0.480 e. The monoisotopic (exact) mass is 560 g/mol. The van der Waals surface area contributed by atoms with Gasteiger partial charge in [-0.25, -0.2) is 4.39 Å². The van der Waals surface area contributed by atoms with Crippen molar-refractivity contribution < 1.29 is 14.3 Å². The van der Waals surface area contributed by atoms with Gasteiger partial charge in [0.2, 0.25) is 0 Å². The van der Waals surface area contributed by atoms with Crippen molar-refractivity contribution in [2.45, 2.75) is 82.8 Å². The molecule has 6 nitrogen and oxygen atoms in total. The zero-order valence-electron chi connectivity index (χ0n) is 25.0. The van der Waals surface area contributed by atoms with Crippen LogP contribution in [0.5, 0.6) is 0 Å². The summed E-state index contributed by atoms with van der Waals surface area (Å²) in [4.78, 5) is 16.6. The predicted octanol–water partition coefficient (Wildman–Crippen LogP) is 6.17. The SMILES string of the molecule is CCn1nc(Cc2ccccc2)cc1C1CCN(C[C@H]2C[C@H](N(C)C(C)(C)C(=O)O)C[C@@H]2c2cccc(F)c2)CC1. The lowest BCUT2D eigenvalue weighted by Gasteiger charge is -2.37. The highest BCUT2D eigenvalue weighted by Crippen LogP contribution is 2.44. The average molecular weight is 561 g/mol. The van der Waals surface area contributed by atoms with Gasteiger partial charge in [0, 0.05) is 37.2 Å². The van der Waals surface area contributed by atoms with Crippen LogP contribution in [0, 0.1) is 11.7 Å². The smallest absolute Gasteiger partial charge is 0.323 e. The second kappa shape index (κ2) is 12.5. The molecule has 0 radical (unpaired) electrons. The van der Waals surface area contributed by atoms with E-state index in [2.05, 4.69) is 52.9 Å².